The number of ether oxygens (including phenoxy) is 1. The highest BCUT2D eigenvalue weighted by Gasteiger charge is 2.07. The van der Waals surface area contributed by atoms with Gasteiger partial charge in [0, 0.05) is 17.8 Å². The highest BCUT2D eigenvalue weighted by Crippen LogP contribution is 2.13. The summed E-state index contributed by atoms with van der Waals surface area (Å²) in [4.78, 5) is 4.76. The van der Waals surface area contributed by atoms with Gasteiger partial charge >= 0.3 is 5.96 Å². The Hall–Kier alpha value is -2.89. The van der Waals surface area contributed by atoms with Crippen LogP contribution < -0.4 is 32.4 Å². The number of hydrogen-bond donors (Lipinski definition) is 2. The van der Waals surface area contributed by atoms with E-state index < -0.39 is 0 Å². The van der Waals surface area contributed by atoms with Crippen molar-refractivity contribution in [1.29, 1.82) is 0 Å². The van der Waals surface area contributed by atoms with Crippen LogP contribution in [0.1, 0.15) is 5.56 Å². The molecule has 3 aromatic rings. The molecule has 0 aromatic heterocycles. The molecular formula is C23H24BrN3O. The molecule has 3 N–H and O–H groups in total. The van der Waals surface area contributed by atoms with Crippen LogP contribution in [0.15, 0.2) is 103 Å². The Morgan fingerprint density at radius 2 is 1.57 bits per heavy atom. The number of benzene rings is 3. The van der Waals surface area contributed by atoms with E-state index in [0.29, 0.717) is 13.2 Å². The van der Waals surface area contributed by atoms with Crippen LogP contribution in [-0.4, -0.2) is 12.6 Å². The summed E-state index contributed by atoms with van der Waals surface area (Å²) in [6.07, 6.45) is 1.73. The van der Waals surface area contributed by atoms with Gasteiger partial charge in [-0.25, -0.2) is 10.3 Å². The smallest absolute Gasteiger partial charge is 0.304 e. The number of guanidine groups is 1. The van der Waals surface area contributed by atoms with Crippen LogP contribution >= 0.6 is 0 Å². The number of nitrogens with zero attached hydrogens (tertiary/aromatic N) is 1. The standard InChI is InChI=1S/C23H23N3O.BrH/c1-2-17-27-22-15-13-21(14-16-22)26-23(25-20-11-7-4-8-12-20)24-18-19-9-5-3-6-10-19;/h2-16H,1,17-18H2,(H2,24,25,26);1H. The molecule has 5 heteroatoms. The summed E-state index contributed by atoms with van der Waals surface area (Å²) in [5, 5.41) is 5.43. The number of para-hydroxylation sites is 1. The van der Waals surface area contributed by atoms with Gasteiger partial charge in [0.15, 0.2) is 0 Å². The molecule has 0 heterocycles. The second-order valence-corrected chi connectivity index (χ2v) is 5.99. The molecule has 4 nitrogen and oxygen atoms in total. The van der Waals surface area contributed by atoms with E-state index in [4.69, 9.17) is 9.73 Å². The van der Waals surface area contributed by atoms with E-state index in [1.807, 2.05) is 78.1 Å². The van der Waals surface area contributed by atoms with Crippen LogP contribution in [0.5, 0.6) is 5.75 Å². The number of halogens is 1. The van der Waals surface area contributed by atoms with Gasteiger partial charge in [0.25, 0.3) is 0 Å². The summed E-state index contributed by atoms with van der Waals surface area (Å²) in [7, 11) is 0. The number of hydrogen-bond acceptors (Lipinski definition) is 2. The SMILES string of the molecule is C=CCOc1ccc([NH2+]C(=NCc2ccccc2)Nc2ccccc2)cc1.[Br-]. The van der Waals surface area contributed by atoms with Crippen LogP contribution in [0.3, 0.4) is 0 Å². The lowest BCUT2D eigenvalue weighted by Gasteiger charge is -2.09. The predicted molar refractivity (Wildman–Crippen MR) is 111 cm³/mol. The molecule has 0 radical (unpaired) electrons. The van der Waals surface area contributed by atoms with Crippen LogP contribution in [0.2, 0.25) is 0 Å². The lowest BCUT2D eigenvalue weighted by molar-refractivity contribution is -0.444. The van der Waals surface area contributed by atoms with Crippen molar-refractivity contribution in [3.63, 3.8) is 0 Å². The van der Waals surface area contributed by atoms with Gasteiger partial charge in [0.05, 0.1) is 6.54 Å². The van der Waals surface area contributed by atoms with Crippen LogP contribution in [0.25, 0.3) is 0 Å². The van der Waals surface area contributed by atoms with Crippen molar-refractivity contribution in [3.8, 4) is 5.75 Å². The van der Waals surface area contributed by atoms with Crippen molar-refractivity contribution in [1.82, 2.24) is 0 Å². The Bertz CT molecular complexity index is 865. The van der Waals surface area contributed by atoms with E-state index >= 15 is 0 Å². The number of aliphatic imine (C=N–C) groups is 1. The molecular weight excluding hydrogens is 414 g/mol. The lowest BCUT2D eigenvalue weighted by atomic mass is 10.2. The molecule has 0 amide bonds. The number of nitrogens with two attached hydrogens (primary N) is 1. The third kappa shape index (κ3) is 7.02. The number of anilines is 1. The lowest BCUT2D eigenvalue weighted by Crippen LogP contribution is -3.00. The minimum atomic E-state index is 0. The summed E-state index contributed by atoms with van der Waals surface area (Å²) in [6.45, 7) is 4.78. The summed E-state index contributed by atoms with van der Waals surface area (Å²) < 4.78 is 5.54. The molecule has 3 rings (SSSR count). The largest absolute Gasteiger partial charge is 1.00 e. The molecule has 0 atom stereocenters. The van der Waals surface area contributed by atoms with Crippen LogP contribution in [-0.2, 0) is 6.54 Å². The first kappa shape index (κ1) is 21.4. The van der Waals surface area contributed by atoms with E-state index in [2.05, 4.69) is 24.0 Å². The van der Waals surface area contributed by atoms with E-state index in [1.165, 1.54) is 5.56 Å². The van der Waals surface area contributed by atoms with Gasteiger partial charge in [-0.3, -0.25) is 5.32 Å². The van der Waals surface area contributed by atoms with E-state index in [0.717, 1.165) is 23.1 Å². The molecule has 0 fully saturated rings. The summed E-state index contributed by atoms with van der Waals surface area (Å²) >= 11 is 0. The Morgan fingerprint density at radius 3 is 2.21 bits per heavy atom. The zero-order chi connectivity index (χ0) is 18.7. The predicted octanol–water partition coefficient (Wildman–Crippen LogP) is 1.12. The van der Waals surface area contributed by atoms with Crippen molar-refractivity contribution >= 4 is 17.3 Å². The summed E-state index contributed by atoms with van der Waals surface area (Å²) in [6, 6.07) is 28.2. The molecule has 0 aliphatic rings. The maximum absolute atomic E-state index is 5.54. The minimum Gasteiger partial charge on any atom is -1.00 e. The third-order valence-corrected chi connectivity index (χ3v) is 3.87. The number of quaternary nitrogens is 1. The molecule has 0 saturated heterocycles. The Labute approximate surface area is 176 Å². The fourth-order valence-electron chi connectivity index (χ4n) is 2.52. The first-order valence-electron chi connectivity index (χ1n) is 8.92. The zero-order valence-electron chi connectivity index (χ0n) is 15.6. The summed E-state index contributed by atoms with van der Waals surface area (Å²) in [5.41, 5.74) is 3.23. The van der Waals surface area contributed by atoms with Gasteiger partial charge in [0.2, 0.25) is 0 Å². The van der Waals surface area contributed by atoms with Crippen LogP contribution in [0, 0.1) is 0 Å². The minimum absolute atomic E-state index is 0. The first-order chi connectivity index (χ1) is 13.3. The molecule has 0 bridgehead atoms. The van der Waals surface area contributed by atoms with Gasteiger partial charge < -0.3 is 21.7 Å². The number of nitrogens with one attached hydrogen (secondary N) is 1. The second kappa shape index (κ2) is 11.7. The van der Waals surface area contributed by atoms with Gasteiger partial charge in [0.1, 0.15) is 18.0 Å². The fraction of sp³-hybridized carbons (Fsp3) is 0.0870. The van der Waals surface area contributed by atoms with Crippen molar-refractivity contribution in [2.75, 3.05) is 11.9 Å². The van der Waals surface area contributed by atoms with Gasteiger partial charge in [-0.1, -0.05) is 61.2 Å². The van der Waals surface area contributed by atoms with Crippen molar-refractivity contribution in [3.05, 3.63) is 103 Å². The Balaban J connectivity index is 0.00000280. The molecule has 0 aliphatic carbocycles. The highest BCUT2D eigenvalue weighted by molar-refractivity contribution is 5.87. The maximum atomic E-state index is 5.54. The zero-order valence-corrected chi connectivity index (χ0v) is 17.2. The monoisotopic (exact) mass is 437 g/mol. The second-order valence-electron chi connectivity index (χ2n) is 5.99. The Kier molecular flexibility index (Phi) is 8.98. The van der Waals surface area contributed by atoms with Crippen molar-refractivity contribution in [2.24, 2.45) is 4.99 Å². The quantitative estimate of drug-likeness (QED) is 0.252. The normalized spacial score (nSPS) is 10.6. The van der Waals surface area contributed by atoms with Crippen molar-refractivity contribution in [2.45, 2.75) is 6.54 Å². The molecule has 0 unspecified atom stereocenters. The fourth-order valence-corrected chi connectivity index (χ4v) is 2.52. The topological polar surface area (TPSA) is 50.2 Å². The molecule has 0 saturated carbocycles. The number of rotatable bonds is 7. The van der Waals surface area contributed by atoms with E-state index in [9.17, 15) is 0 Å². The average molecular weight is 438 g/mol. The molecule has 0 aliphatic heterocycles. The third-order valence-electron chi connectivity index (χ3n) is 3.87. The van der Waals surface area contributed by atoms with Gasteiger partial charge in [-0.15, -0.1) is 0 Å². The summed E-state index contributed by atoms with van der Waals surface area (Å²) in [5.74, 6) is 1.63. The van der Waals surface area contributed by atoms with Gasteiger partial charge in [-0.05, 0) is 29.8 Å². The highest BCUT2D eigenvalue weighted by atomic mass is 79.9. The average Bonchev–Trinajstić information content (AvgIpc) is 2.73. The van der Waals surface area contributed by atoms with E-state index in [1.54, 1.807) is 6.08 Å². The van der Waals surface area contributed by atoms with E-state index in [-0.39, 0.29) is 17.0 Å². The Morgan fingerprint density at radius 1 is 0.929 bits per heavy atom. The maximum Gasteiger partial charge on any atom is 0.304 e. The molecule has 3 aromatic carbocycles. The molecule has 0 spiro atoms. The molecule has 144 valence electrons. The first-order valence-corrected chi connectivity index (χ1v) is 8.92. The van der Waals surface area contributed by atoms with Gasteiger partial charge in [-0.2, -0.15) is 0 Å². The van der Waals surface area contributed by atoms with Crippen LogP contribution in [0.4, 0.5) is 11.4 Å². The van der Waals surface area contributed by atoms with Crippen molar-refractivity contribution < 1.29 is 27.0 Å². The molecule has 28 heavy (non-hydrogen) atoms.